The van der Waals surface area contributed by atoms with Gasteiger partial charge in [0.15, 0.2) is 17.3 Å². The van der Waals surface area contributed by atoms with Crippen molar-refractivity contribution >= 4 is 17.3 Å². The highest BCUT2D eigenvalue weighted by Gasteiger charge is 2.32. The predicted octanol–water partition coefficient (Wildman–Crippen LogP) is 1.12. The lowest BCUT2D eigenvalue weighted by Gasteiger charge is -2.37. The number of hydrogen-bond acceptors (Lipinski definition) is 6. The van der Waals surface area contributed by atoms with Crippen molar-refractivity contribution in [1.29, 1.82) is 0 Å². The Hall–Kier alpha value is -1.86. The second kappa shape index (κ2) is 5.26. The van der Waals surface area contributed by atoms with Crippen LogP contribution in [0.1, 0.15) is 32.1 Å². The summed E-state index contributed by atoms with van der Waals surface area (Å²) in [5.41, 5.74) is 2.99. The van der Waals surface area contributed by atoms with E-state index in [4.69, 9.17) is 5.84 Å². The first-order valence-electron chi connectivity index (χ1n) is 6.96. The first kappa shape index (κ1) is 13.1. The van der Waals surface area contributed by atoms with Crippen molar-refractivity contribution in [1.82, 2.24) is 14.4 Å². The molecule has 0 aromatic carbocycles. The van der Waals surface area contributed by atoms with Crippen LogP contribution in [0, 0.1) is 0 Å². The van der Waals surface area contributed by atoms with Crippen LogP contribution in [-0.4, -0.2) is 31.6 Å². The number of anilines is 2. The molecule has 2 aromatic heterocycles. The Balaban J connectivity index is 1.98. The molecule has 1 aliphatic rings. The van der Waals surface area contributed by atoms with E-state index in [-0.39, 0.29) is 12.1 Å². The number of fused-ring (bicyclic) bond motifs is 1. The highest BCUT2D eigenvalue weighted by atomic mass is 16.3. The normalized spacial score (nSPS) is 18.1. The van der Waals surface area contributed by atoms with Crippen molar-refractivity contribution in [3.63, 3.8) is 0 Å². The molecule has 0 radical (unpaired) electrons. The van der Waals surface area contributed by atoms with E-state index >= 15 is 0 Å². The fraction of sp³-hybridized carbons (Fsp3) is 0.538. The second-order valence-corrected chi connectivity index (χ2v) is 5.40. The molecule has 0 spiro atoms. The van der Waals surface area contributed by atoms with Gasteiger partial charge in [0.1, 0.15) is 0 Å². The summed E-state index contributed by atoms with van der Waals surface area (Å²) in [7, 11) is 0. The summed E-state index contributed by atoms with van der Waals surface area (Å²) in [6, 6.07) is 0. The smallest absolute Gasteiger partial charge is 0.180 e. The van der Waals surface area contributed by atoms with E-state index in [1.165, 1.54) is 6.42 Å². The van der Waals surface area contributed by atoms with Crippen LogP contribution in [0.25, 0.3) is 5.65 Å². The van der Waals surface area contributed by atoms with E-state index in [0.717, 1.165) is 31.3 Å². The molecule has 5 N–H and O–H groups in total. The Labute approximate surface area is 117 Å². The molecular formula is C13H20N6O. The topological polar surface area (TPSA) is 100 Å². The molecule has 2 aromatic rings. The first-order valence-corrected chi connectivity index (χ1v) is 6.96. The molecule has 0 atom stereocenters. The first-order chi connectivity index (χ1) is 9.76. The van der Waals surface area contributed by atoms with Crippen molar-refractivity contribution in [2.45, 2.75) is 37.6 Å². The molecule has 7 heteroatoms. The molecular weight excluding hydrogens is 256 g/mol. The van der Waals surface area contributed by atoms with Gasteiger partial charge in [0.05, 0.1) is 18.3 Å². The lowest BCUT2D eigenvalue weighted by molar-refractivity contribution is 0.172. The van der Waals surface area contributed by atoms with Crippen LogP contribution in [0.5, 0.6) is 0 Å². The molecule has 0 amide bonds. The second-order valence-electron chi connectivity index (χ2n) is 5.40. The highest BCUT2D eigenvalue weighted by molar-refractivity contribution is 5.66. The van der Waals surface area contributed by atoms with Crippen LogP contribution in [0.3, 0.4) is 0 Å². The summed E-state index contributed by atoms with van der Waals surface area (Å²) in [5.74, 6) is 6.67. The molecule has 2 heterocycles. The fourth-order valence-electron chi connectivity index (χ4n) is 2.89. The van der Waals surface area contributed by atoms with E-state index in [1.54, 1.807) is 12.4 Å². The van der Waals surface area contributed by atoms with Crippen LogP contribution in [0.15, 0.2) is 18.6 Å². The Morgan fingerprint density at radius 3 is 2.85 bits per heavy atom. The summed E-state index contributed by atoms with van der Waals surface area (Å²) >= 11 is 0. The van der Waals surface area contributed by atoms with Crippen LogP contribution < -0.4 is 16.6 Å². The number of nitrogens with zero attached hydrogens (tertiary/aromatic N) is 3. The molecule has 0 unspecified atom stereocenters. The third-order valence-corrected chi connectivity index (χ3v) is 4.02. The van der Waals surface area contributed by atoms with Crippen molar-refractivity contribution in [2.75, 3.05) is 17.3 Å². The minimum Gasteiger partial charge on any atom is -0.394 e. The van der Waals surface area contributed by atoms with Crippen LogP contribution in [0.2, 0.25) is 0 Å². The molecule has 3 rings (SSSR count). The van der Waals surface area contributed by atoms with Gasteiger partial charge in [0, 0.05) is 12.4 Å². The van der Waals surface area contributed by atoms with Gasteiger partial charge >= 0.3 is 0 Å². The molecule has 7 nitrogen and oxygen atoms in total. The zero-order valence-electron chi connectivity index (χ0n) is 11.3. The maximum absolute atomic E-state index is 9.79. The van der Waals surface area contributed by atoms with Crippen LogP contribution in [0.4, 0.5) is 11.6 Å². The Bertz CT molecular complexity index is 590. The minimum absolute atomic E-state index is 0.0990. The number of imidazole rings is 1. The zero-order chi connectivity index (χ0) is 14.0. The summed E-state index contributed by atoms with van der Waals surface area (Å²) in [6.07, 6.45) is 10.7. The number of hydrogen-bond donors (Lipinski definition) is 4. The summed E-state index contributed by atoms with van der Waals surface area (Å²) in [5, 5.41) is 13.2. The molecule has 0 saturated heterocycles. The van der Waals surface area contributed by atoms with E-state index in [1.807, 2.05) is 10.6 Å². The van der Waals surface area contributed by atoms with E-state index in [2.05, 4.69) is 20.7 Å². The van der Waals surface area contributed by atoms with Gasteiger partial charge < -0.3 is 20.2 Å². The maximum Gasteiger partial charge on any atom is 0.180 e. The van der Waals surface area contributed by atoms with Gasteiger partial charge in [-0.25, -0.2) is 15.8 Å². The summed E-state index contributed by atoms with van der Waals surface area (Å²) < 4.78 is 1.86. The molecule has 108 valence electrons. The number of nitrogen functional groups attached to an aromatic ring is 1. The number of aliphatic hydroxyl groups is 1. The van der Waals surface area contributed by atoms with Crippen molar-refractivity contribution in [3.8, 4) is 0 Å². The monoisotopic (exact) mass is 276 g/mol. The van der Waals surface area contributed by atoms with E-state index < -0.39 is 0 Å². The van der Waals surface area contributed by atoms with Gasteiger partial charge in [-0.2, -0.15) is 0 Å². The van der Waals surface area contributed by atoms with Crippen molar-refractivity contribution in [3.05, 3.63) is 18.6 Å². The average molecular weight is 276 g/mol. The van der Waals surface area contributed by atoms with Crippen molar-refractivity contribution < 1.29 is 5.11 Å². The van der Waals surface area contributed by atoms with E-state index in [9.17, 15) is 5.11 Å². The molecule has 0 bridgehead atoms. The van der Waals surface area contributed by atoms with E-state index in [0.29, 0.717) is 11.6 Å². The number of aliphatic hydroxyl groups excluding tert-OH is 1. The Morgan fingerprint density at radius 2 is 2.15 bits per heavy atom. The Morgan fingerprint density at radius 1 is 1.35 bits per heavy atom. The standard InChI is InChI=1S/C13H20N6O/c14-18-10-8-19-7-6-15-12(19)11(16-10)17-13(9-20)4-2-1-3-5-13/h6-8,18,20H,1-5,9,14H2,(H,16,17). The van der Waals surface area contributed by atoms with Gasteiger partial charge in [-0.05, 0) is 12.8 Å². The van der Waals surface area contributed by atoms with Gasteiger partial charge in [-0.1, -0.05) is 19.3 Å². The number of hydrazine groups is 1. The molecule has 0 aliphatic heterocycles. The van der Waals surface area contributed by atoms with Crippen molar-refractivity contribution in [2.24, 2.45) is 5.84 Å². The third-order valence-electron chi connectivity index (χ3n) is 4.02. The zero-order valence-corrected chi connectivity index (χ0v) is 11.3. The molecule has 1 fully saturated rings. The lowest BCUT2D eigenvalue weighted by atomic mass is 9.82. The largest absolute Gasteiger partial charge is 0.394 e. The summed E-state index contributed by atoms with van der Waals surface area (Å²) in [6.45, 7) is 0.0990. The fourth-order valence-corrected chi connectivity index (χ4v) is 2.89. The highest BCUT2D eigenvalue weighted by Crippen LogP contribution is 2.32. The SMILES string of the molecule is NNc1cn2ccnc2c(NC2(CO)CCCCC2)n1. The Kier molecular flexibility index (Phi) is 3.45. The lowest BCUT2D eigenvalue weighted by Crippen LogP contribution is -2.44. The molecule has 1 aliphatic carbocycles. The number of nitrogens with two attached hydrogens (primary N) is 1. The van der Waals surface area contributed by atoms with Crippen LogP contribution in [-0.2, 0) is 0 Å². The third kappa shape index (κ3) is 2.30. The average Bonchev–Trinajstić information content (AvgIpc) is 2.96. The van der Waals surface area contributed by atoms with Gasteiger partial charge in [-0.3, -0.25) is 0 Å². The van der Waals surface area contributed by atoms with Gasteiger partial charge in [0.25, 0.3) is 0 Å². The molecule has 20 heavy (non-hydrogen) atoms. The molecule has 1 saturated carbocycles. The maximum atomic E-state index is 9.79. The number of aromatic nitrogens is 3. The summed E-state index contributed by atoms with van der Waals surface area (Å²) in [4.78, 5) is 8.75. The number of nitrogens with one attached hydrogen (secondary N) is 2. The quantitative estimate of drug-likeness (QED) is 0.493. The predicted molar refractivity (Wildman–Crippen MR) is 77.3 cm³/mol. The van der Waals surface area contributed by atoms with Gasteiger partial charge in [-0.15, -0.1) is 0 Å². The minimum atomic E-state index is -0.301. The van der Waals surface area contributed by atoms with Gasteiger partial charge in [0.2, 0.25) is 0 Å². The van der Waals surface area contributed by atoms with Crippen LogP contribution >= 0.6 is 0 Å². The number of rotatable bonds is 4.